The first-order valence-electron chi connectivity index (χ1n) is 9.66. The van der Waals surface area contributed by atoms with Crippen molar-refractivity contribution < 1.29 is 9.47 Å². The van der Waals surface area contributed by atoms with Gasteiger partial charge in [-0.05, 0) is 56.8 Å². The molecule has 1 fully saturated rings. The first kappa shape index (κ1) is 19.2. The van der Waals surface area contributed by atoms with Crippen LogP contribution in [0.1, 0.15) is 56.4 Å². The highest BCUT2D eigenvalue weighted by Gasteiger charge is 2.19. The number of pyridine rings is 1. The summed E-state index contributed by atoms with van der Waals surface area (Å²) < 4.78 is 13.9. The van der Waals surface area contributed by atoms with Crippen LogP contribution in [0, 0.1) is 0 Å². The van der Waals surface area contributed by atoms with E-state index in [4.69, 9.17) is 26.1 Å². The Morgan fingerprint density at radius 3 is 2.89 bits per heavy atom. The number of aromatic nitrogens is 5. The normalized spacial score (nSPS) is 17.5. The average Bonchev–Trinajstić information content (AvgIpc) is 3.05. The Hall–Kier alpha value is -2.09. The SMILES string of the molecule is CC(C)n1c(COC2CCCCO2)nc2cnc(Cc3ccnc(Cl)n3)cc21. The lowest BCUT2D eigenvalue weighted by Gasteiger charge is -2.23. The molecule has 28 heavy (non-hydrogen) atoms. The molecule has 0 N–H and O–H groups in total. The second kappa shape index (κ2) is 8.51. The van der Waals surface area contributed by atoms with Gasteiger partial charge in [0.2, 0.25) is 5.28 Å². The maximum Gasteiger partial charge on any atom is 0.222 e. The minimum atomic E-state index is -0.134. The van der Waals surface area contributed by atoms with Crippen LogP contribution in [0.15, 0.2) is 24.5 Å². The first-order chi connectivity index (χ1) is 13.6. The number of hydrogen-bond donors (Lipinski definition) is 0. The van der Waals surface area contributed by atoms with E-state index in [1.807, 2.05) is 12.3 Å². The molecule has 3 aromatic rings. The Morgan fingerprint density at radius 2 is 2.14 bits per heavy atom. The molecule has 1 unspecified atom stereocenters. The molecular weight excluding hydrogens is 378 g/mol. The Kier molecular flexibility index (Phi) is 5.85. The average molecular weight is 402 g/mol. The van der Waals surface area contributed by atoms with Crippen molar-refractivity contribution in [3.05, 3.63) is 47.0 Å². The Bertz CT molecular complexity index is 953. The fourth-order valence-electron chi connectivity index (χ4n) is 3.53. The molecule has 7 nitrogen and oxygen atoms in total. The number of imidazole rings is 1. The quantitative estimate of drug-likeness (QED) is 0.579. The zero-order valence-electron chi connectivity index (χ0n) is 16.1. The smallest absolute Gasteiger partial charge is 0.222 e. The molecule has 4 heterocycles. The van der Waals surface area contributed by atoms with Gasteiger partial charge in [-0.15, -0.1) is 0 Å². The zero-order valence-corrected chi connectivity index (χ0v) is 16.9. The summed E-state index contributed by atoms with van der Waals surface area (Å²) in [5.74, 6) is 0.892. The van der Waals surface area contributed by atoms with Crippen LogP contribution in [0.5, 0.6) is 0 Å². The van der Waals surface area contributed by atoms with Gasteiger partial charge < -0.3 is 14.0 Å². The third kappa shape index (κ3) is 4.32. The van der Waals surface area contributed by atoms with E-state index in [0.717, 1.165) is 54.1 Å². The minimum absolute atomic E-state index is 0.134. The molecule has 1 saturated heterocycles. The van der Waals surface area contributed by atoms with E-state index in [0.29, 0.717) is 13.0 Å². The molecule has 1 aliphatic heterocycles. The fraction of sp³-hybridized carbons (Fsp3) is 0.500. The summed E-state index contributed by atoms with van der Waals surface area (Å²) in [5.41, 5.74) is 3.65. The zero-order chi connectivity index (χ0) is 19.5. The summed E-state index contributed by atoms with van der Waals surface area (Å²) in [7, 11) is 0. The van der Waals surface area contributed by atoms with Crippen LogP contribution >= 0.6 is 11.6 Å². The van der Waals surface area contributed by atoms with E-state index >= 15 is 0 Å². The number of ether oxygens (including phenoxy) is 2. The van der Waals surface area contributed by atoms with Crippen LogP contribution in [0.2, 0.25) is 5.28 Å². The summed E-state index contributed by atoms with van der Waals surface area (Å²) in [5, 5.41) is 0.246. The van der Waals surface area contributed by atoms with Gasteiger partial charge in [-0.3, -0.25) is 4.98 Å². The summed E-state index contributed by atoms with van der Waals surface area (Å²) in [6.45, 7) is 5.48. The van der Waals surface area contributed by atoms with E-state index in [2.05, 4.69) is 39.4 Å². The largest absolute Gasteiger partial charge is 0.353 e. The van der Waals surface area contributed by atoms with Gasteiger partial charge in [-0.25, -0.2) is 15.0 Å². The van der Waals surface area contributed by atoms with Gasteiger partial charge in [0.25, 0.3) is 0 Å². The molecule has 0 aliphatic carbocycles. The van der Waals surface area contributed by atoms with E-state index in [1.54, 1.807) is 6.20 Å². The predicted molar refractivity (Wildman–Crippen MR) is 106 cm³/mol. The van der Waals surface area contributed by atoms with Crippen molar-refractivity contribution in [3.8, 4) is 0 Å². The molecule has 0 bridgehead atoms. The van der Waals surface area contributed by atoms with Crippen molar-refractivity contribution in [2.75, 3.05) is 6.61 Å². The summed E-state index contributed by atoms with van der Waals surface area (Å²) >= 11 is 5.89. The van der Waals surface area contributed by atoms with Crippen molar-refractivity contribution in [1.82, 2.24) is 24.5 Å². The Labute approximate surface area is 169 Å². The van der Waals surface area contributed by atoms with Crippen molar-refractivity contribution >= 4 is 22.6 Å². The monoisotopic (exact) mass is 401 g/mol. The van der Waals surface area contributed by atoms with Crippen LogP contribution in [-0.4, -0.2) is 37.4 Å². The summed E-state index contributed by atoms with van der Waals surface area (Å²) in [6, 6.07) is 4.17. The lowest BCUT2D eigenvalue weighted by atomic mass is 10.2. The van der Waals surface area contributed by atoms with Crippen LogP contribution in [0.25, 0.3) is 11.0 Å². The molecule has 148 valence electrons. The number of rotatable bonds is 6. The first-order valence-corrected chi connectivity index (χ1v) is 10.0. The van der Waals surface area contributed by atoms with Crippen molar-refractivity contribution in [1.29, 1.82) is 0 Å². The molecule has 0 spiro atoms. The number of nitrogens with zero attached hydrogens (tertiary/aromatic N) is 5. The van der Waals surface area contributed by atoms with Gasteiger partial charge in [-0.2, -0.15) is 0 Å². The number of halogens is 1. The predicted octanol–water partition coefficient (Wildman–Crippen LogP) is 4.09. The van der Waals surface area contributed by atoms with Crippen LogP contribution < -0.4 is 0 Å². The van der Waals surface area contributed by atoms with Gasteiger partial charge in [-0.1, -0.05) is 0 Å². The third-order valence-electron chi connectivity index (χ3n) is 4.80. The molecule has 0 aromatic carbocycles. The lowest BCUT2D eigenvalue weighted by Crippen LogP contribution is -2.23. The van der Waals surface area contributed by atoms with Gasteiger partial charge in [0, 0.05) is 31.0 Å². The Balaban J connectivity index is 1.59. The molecule has 0 radical (unpaired) electrons. The van der Waals surface area contributed by atoms with Crippen LogP contribution in [0.4, 0.5) is 0 Å². The standard InChI is InChI=1S/C20H24ClN5O2/c1-13(2)26-17-10-15(9-14-6-7-22-20(21)24-14)23-11-16(17)25-18(26)12-28-19-5-3-4-8-27-19/h6-7,10-11,13,19H,3-5,8-9,12H2,1-2H3. The van der Waals surface area contributed by atoms with Gasteiger partial charge in [0.15, 0.2) is 6.29 Å². The minimum Gasteiger partial charge on any atom is -0.353 e. The highest BCUT2D eigenvalue weighted by molar-refractivity contribution is 6.28. The molecule has 1 aliphatic rings. The van der Waals surface area contributed by atoms with Gasteiger partial charge >= 0.3 is 0 Å². The number of hydrogen-bond acceptors (Lipinski definition) is 6. The molecule has 0 saturated carbocycles. The van der Waals surface area contributed by atoms with Gasteiger partial charge in [0.1, 0.15) is 17.9 Å². The van der Waals surface area contributed by atoms with Crippen molar-refractivity contribution in [3.63, 3.8) is 0 Å². The second-order valence-corrected chi connectivity index (χ2v) is 7.60. The molecule has 0 amide bonds. The van der Waals surface area contributed by atoms with Crippen LogP contribution in [-0.2, 0) is 22.5 Å². The molecule has 3 aromatic heterocycles. The van der Waals surface area contributed by atoms with E-state index in [-0.39, 0.29) is 17.6 Å². The summed E-state index contributed by atoms with van der Waals surface area (Å²) in [4.78, 5) is 17.5. The number of fused-ring (bicyclic) bond motifs is 1. The molecule has 1 atom stereocenters. The maximum atomic E-state index is 5.97. The van der Waals surface area contributed by atoms with E-state index in [9.17, 15) is 0 Å². The third-order valence-corrected chi connectivity index (χ3v) is 4.99. The molecular formula is C20H24ClN5O2. The Morgan fingerprint density at radius 1 is 1.25 bits per heavy atom. The van der Waals surface area contributed by atoms with E-state index in [1.165, 1.54) is 0 Å². The van der Waals surface area contributed by atoms with Crippen LogP contribution in [0.3, 0.4) is 0 Å². The van der Waals surface area contributed by atoms with Crippen molar-refractivity contribution in [2.45, 2.75) is 58.5 Å². The van der Waals surface area contributed by atoms with E-state index < -0.39 is 0 Å². The van der Waals surface area contributed by atoms with Crippen molar-refractivity contribution in [2.24, 2.45) is 0 Å². The molecule has 4 rings (SSSR count). The van der Waals surface area contributed by atoms with Gasteiger partial charge in [0.05, 0.1) is 17.4 Å². The highest BCUT2D eigenvalue weighted by Crippen LogP contribution is 2.24. The molecule has 8 heteroatoms. The lowest BCUT2D eigenvalue weighted by molar-refractivity contribution is -0.170. The maximum absolute atomic E-state index is 5.97. The second-order valence-electron chi connectivity index (χ2n) is 7.26. The summed E-state index contributed by atoms with van der Waals surface area (Å²) in [6.07, 6.45) is 7.11. The topological polar surface area (TPSA) is 75.0 Å². The fourth-order valence-corrected chi connectivity index (χ4v) is 3.69. The highest BCUT2D eigenvalue weighted by atomic mass is 35.5.